The summed E-state index contributed by atoms with van der Waals surface area (Å²) in [6.45, 7) is 3.69. The molecule has 3 N–H and O–H groups in total. The molecule has 1 aliphatic heterocycles. The predicted octanol–water partition coefficient (Wildman–Crippen LogP) is 1.44. The summed E-state index contributed by atoms with van der Waals surface area (Å²) in [5.41, 5.74) is 6.87. The molecule has 1 amide bonds. The highest BCUT2D eigenvalue weighted by molar-refractivity contribution is 5.92. The topological polar surface area (TPSA) is 64.3 Å². The highest BCUT2D eigenvalue weighted by atomic mass is 16.5. The molecule has 2 rings (SSSR count). The molecule has 0 spiro atoms. The fraction of sp³-hybridized carbons (Fsp3) is 0.500. The molecule has 18 heavy (non-hydrogen) atoms. The summed E-state index contributed by atoms with van der Waals surface area (Å²) in [4.78, 5) is 11.1. The van der Waals surface area contributed by atoms with Gasteiger partial charge < -0.3 is 15.8 Å². The maximum Gasteiger partial charge on any atom is 0.248 e. The van der Waals surface area contributed by atoms with Crippen molar-refractivity contribution in [1.29, 1.82) is 0 Å². The van der Waals surface area contributed by atoms with Crippen LogP contribution in [0.5, 0.6) is 0 Å². The third-order valence-electron chi connectivity index (χ3n) is 3.23. The summed E-state index contributed by atoms with van der Waals surface area (Å²) in [5.74, 6) is -0.384. The van der Waals surface area contributed by atoms with Gasteiger partial charge in [0.15, 0.2) is 0 Å². The van der Waals surface area contributed by atoms with Crippen LogP contribution in [-0.4, -0.2) is 24.7 Å². The van der Waals surface area contributed by atoms with E-state index in [1.165, 1.54) is 0 Å². The van der Waals surface area contributed by atoms with Crippen LogP contribution in [0.2, 0.25) is 0 Å². The van der Waals surface area contributed by atoms with Crippen LogP contribution in [0.25, 0.3) is 0 Å². The number of rotatable bonds is 5. The Morgan fingerprint density at radius 1 is 1.50 bits per heavy atom. The molecular formula is C14H20N2O2. The Labute approximate surface area is 108 Å². The highest BCUT2D eigenvalue weighted by Gasteiger charge is 2.20. The van der Waals surface area contributed by atoms with E-state index in [0.29, 0.717) is 17.8 Å². The average molecular weight is 248 g/mol. The predicted molar refractivity (Wildman–Crippen MR) is 70.2 cm³/mol. The summed E-state index contributed by atoms with van der Waals surface area (Å²) in [6.07, 6.45) is 2.97. The van der Waals surface area contributed by atoms with E-state index in [1.807, 2.05) is 18.2 Å². The van der Waals surface area contributed by atoms with Crippen LogP contribution in [0.4, 0.5) is 0 Å². The molecule has 1 heterocycles. The van der Waals surface area contributed by atoms with Crippen molar-refractivity contribution in [2.45, 2.75) is 38.5 Å². The molecular weight excluding hydrogens is 228 g/mol. The Bertz CT molecular complexity index is 420. The number of nitrogens with one attached hydrogen (secondary N) is 1. The molecule has 1 saturated heterocycles. The van der Waals surface area contributed by atoms with Crippen LogP contribution in [0.1, 0.15) is 35.7 Å². The largest absolute Gasteiger partial charge is 0.374 e. The fourth-order valence-electron chi connectivity index (χ4n) is 2.25. The normalized spacial score (nSPS) is 23.2. The van der Waals surface area contributed by atoms with Crippen molar-refractivity contribution >= 4 is 5.91 Å². The van der Waals surface area contributed by atoms with E-state index in [2.05, 4.69) is 12.2 Å². The minimum Gasteiger partial charge on any atom is -0.374 e. The van der Waals surface area contributed by atoms with Gasteiger partial charge in [-0.1, -0.05) is 12.1 Å². The molecule has 2 atom stereocenters. The van der Waals surface area contributed by atoms with E-state index in [0.717, 1.165) is 31.5 Å². The maximum atomic E-state index is 11.1. The van der Waals surface area contributed by atoms with Crippen molar-refractivity contribution in [3.8, 4) is 0 Å². The summed E-state index contributed by atoms with van der Waals surface area (Å²) in [7, 11) is 0. The van der Waals surface area contributed by atoms with Crippen molar-refractivity contribution in [2.24, 2.45) is 5.73 Å². The molecule has 4 nitrogen and oxygen atoms in total. The summed E-state index contributed by atoms with van der Waals surface area (Å²) in [5, 5.41) is 3.35. The Hall–Kier alpha value is -1.39. The number of carbonyl (C=O) groups excluding carboxylic acids is 1. The van der Waals surface area contributed by atoms with Crippen molar-refractivity contribution in [3.05, 3.63) is 35.4 Å². The first-order chi connectivity index (χ1) is 8.65. The van der Waals surface area contributed by atoms with Crippen molar-refractivity contribution in [3.63, 3.8) is 0 Å². The molecule has 4 heteroatoms. The standard InChI is InChI=1S/C14H20N2O2/c1-10-5-6-13(18-10)9-16-8-11-3-2-4-12(7-11)14(15)17/h2-4,7,10,13,16H,5-6,8-9H2,1H3,(H2,15,17). The third kappa shape index (κ3) is 3.55. The van der Waals surface area contributed by atoms with Crippen LogP contribution in [0.3, 0.4) is 0 Å². The Morgan fingerprint density at radius 2 is 2.33 bits per heavy atom. The minimum atomic E-state index is -0.384. The van der Waals surface area contributed by atoms with Crippen LogP contribution in [-0.2, 0) is 11.3 Å². The monoisotopic (exact) mass is 248 g/mol. The second-order valence-electron chi connectivity index (χ2n) is 4.84. The molecule has 0 aromatic heterocycles. The van der Waals surface area contributed by atoms with E-state index in [9.17, 15) is 4.79 Å². The van der Waals surface area contributed by atoms with Gasteiger partial charge in [-0.15, -0.1) is 0 Å². The minimum absolute atomic E-state index is 0.319. The summed E-state index contributed by atoms with van der Waals surface area (Å²) >= 11 is 0. The first-order valence-corrected chi connectivity index (χ1v) is 6.40. The lowest BCUT2D eigenvalue weighted by atomic mass is 10.1. The highest BCUT2D eigenvalue weighted by Crippen LogP contribution is 2.18. The van der Waals surface area contributed by atoms with Gasteiger partial charge in [0, 0.05) is 18.7 Å². The Kier molecular flexibility index (Phi) is 4.33. The molecule has 0 bridgehead atoms. The number of carbonyl (C=O) groups is 1. The number of ether oxygens (including phenoxy) is 1. The molecule has 2 unspecified atom stereocenters. The first kappa shape index (κ1) is 13.1. The first-order valence-electron chi connectivity index (χ1n) is 6.40. The summed E-state index contributed by atoms with van der Waals surface area (Å²) < 4.78 is 5.72. The van der Waals surface area contributed by atoms with Crippen molar-refractivity contribution in [1.82, 2.24) is 5.32 Å². The van der Waals surface area contributed by atoms with E-state index < -0.39 is 0 Å². The molecule has 0 aliphatic carbocycles. The van der Waals surface area contributed by atoms with Crippen molar-refractivity contribution < 1.29 is 9.53 Å². The zero-order chi connectivity index (χ0) is 13.0. The number of nitrogens with two attached hydrogens (primary N) is 1. The van der Waals surface area contributed by atoms with E-state index >= 15 is 0 Å². The third-order valence-corrected chi connectivity index (χ3v) is 3.23. The number of hydrogen-bond donors (Lipinski definition) is 2. The van der Waals surface area contributed by atoms with Gasteiger partial charge in [0.05, 0.1) is 12.2 Å². The van der Waals surface area contributed by atoms with Crippen LogP contribution in [0, 0.1) is 0 Å². The van der Waals surface area contributed by atoms with Gasteiger partial charge in [0.1, 0.15) is 0 Å². The van der Waals surface area contributed by atoms with Gasteiger partial charge >= 0.3 is 0 Å². The van der Waals surface area contributed by atoms with Gasteiger partial charge in [-0.05, 0) is 37.5 Å². The van der Waals surface area contributed by atoms with Gasteiger partial charge in [-0.2, -0.15) is 0 Å². The number of amides is 1. The lowest BCUT2D eigenvalue weighted by Gasteiger charge is -2.12. The number of benzene rings is 1. The van der Waals surface area contributed by atoms with Gasteiger partial charge in [0.2, 0.25) is 5.91 Å². The quantitative estimate of drug-likeness (QED) is 0.828. The molecule has 1 aromatic rings. The summed E-state index contributed by atoms with van der Waals surface area (Å²) in [6, 6.07) is 7.39. The van der Waals surface area contributed by atoms with E-state index in [1.54, 1.807) is 6.07 Å². The molecule has 0 saturated carbocycles. The van der Waals surface area contributed by atoms with Crippen LogP contribution >= 0.6 is 0 Å². The lowest BCUT2D eigenvalue weighted by Crippen LogP contribution is -2.26. The van der Waals surface area contributed by atoms with Crippen LogP contribution < -0.4 is 11.1 Å². The van der Waals surface area contributed by atoms with Gasteiger partial charge in [-0.3, -0.25) is 4.79 Å². The molecule has 98 valence electrons. The average Bonchev–Trinajstić information content (AvgIpc) is 2.75. The van der Waals surface area contributed by atoms with Crippen molar-refractivity contribution in [2.75, 3.05) is 6.54 Å². The Morgan fingerprint density at radius 3 is 3.00 bits per heavy atom. The molecule has 1 aromatic carbocycles. The zero-order valence-corrected chi connectivity index (χ0v) is 10.7. The van der Waals surface area contributed by atoms with Gasteiger partial charge in [-0.25, -0.2) is 0 Å². The molecule has 1 fully saturated rings. The second kappa shape index (κ2) is 5.98. The SMILES string of the molecule is CC1CCC(CNCc2cccc(C(N)=O)c2)O1. The van der Waals surface area contributed by atoms with Crippen LogP contribution in [0.15, 0.2) is 24.3 Å². The molecule has 0 radical (unpaired) electrons. The maximum absolute atomic E-state index is 11.1. The van der Waals surface area contributed by atoms with E-state index in [4.69, 9.17) is 10.5 Å². The van der Waals surface area contributed by atoms with Gasteiger partial charge in [0.25, 0.3) is 0 Å². The fourth-order valence-corrected chi connectivity index (χ4v) is 2.25. The number of hydrogen-bond acceptors (Lipinski definition) is 3. The number of primary amides is 1. The smallest absolute Gasteiger partial charge is 0.248 e. The Balaban J connectivity index is 1.79. The molecule has 1 aliphatic rings. The van der Waals surface area contributed by atoms with E-state index in [-0.39, 0.29) is 5.91 Å². The lowest BCUT2D eigenvalue weighted by molar-refractivity contribution is 0.0559. The second-order valence-corrected chi connectivity index (χ2v) is 4.84. The zero-order valence-electron chi connectivity index (χ0n) is 10.7.